The SMILES string of the molecule is O=C(CCC1CCNCC1)N(CC(F)F)C1CC1. The van der Waals surface area contributed by atoms with Gasteiger partial charge in [0.25, 0.3) is 6.43 Å². The Balaban J connectivity index is 1.74. The van der Waals surface area contributed by atoms with E-state index < -0.39 is 6.43 Å². The van der Waals surface area contributed by atoms with Gasteiger partial charge in [0.05, 0.1) is 6.54 Å². The minimum atomic E-state index is -2.41. The molecule has 1 amide bonds. The van der Waals surface area contributed by atoms with E-state index in [0.29, 0.717) is 12.3 Å². The molecule has 0 radical (unpaired) electrons. The third-order valence-corrected chi connectivity index (χ3v) is 3.87. The Kier molecular flexibility index (Phi) is 4.92. The number of alkyl halides is 2. The zero-order valence-electron chi connectivity index (χ0n) is 10.7. The van der Waals surface area contributed by atoms with Gasteiger partial charge in [-0.25, -0.2) is 8.78 Å². The van der Waals surface area contributed by atoms with Gasteiger partial charge in [0.1, 0.15) is 0 Å². The number of nitrogens with zero attached hydrogens (tertiary/aromatic N) is 1. The first-order chi connectivity index (χ1) is 8.66. The van der Waals surface area contributed by atoms with Crippen LogP contribution in [0.3, 0.4) is 0 Å². The minimum Gasteiger partial charge on any atom is -0.334 e. The molecule has 0 bridgehead atoms. The molecule has 1 N–H and O–H groups in total. The number of carbonyl (C=O) groups excluding carboxylic acids is 1. The molecule has 2 aliphatic rings. The van der Waals surface area contributed by atoms with Crippen molar-refractivity contribution >= 4 is 5.91 Å². The molecule has 1 saturated heterocycles. The normalized spacial score (nSPS) is 21.3. The van der Waals surface area contributed by atoms with Crippen LogP contribution in [-0.2, 0) is 4.79 Å². The quantitative estimate of drug-likeness (QED) is 0.792. The summed E-state index contributed by atoms with van der Waals surface area (Å²) in [6.07, 6.45) is 2.88. The van der Waals surface area contributed by atoms with Gasteiger partial charge in [0.15, 0.2) is 0 Å². The van der Waals surface area contributed by atoms with Crippen LogP contribution >= 0.6 is 0 Å². The molecular formula is C13H22F2N2O. The zero-order chi connectivity index (χ0) is 13.0. The summed E-state index contributed by atoms with van der Waals surface area (Å²) < 4.78 is 24.9. The van der Waals surface area contributed by atoms with E-state index in [2.05, 4.69) is 5.32 Å². The molecular weight excluding hydrogens is 238 g/mol. The molecule has 2 rings (SSSR count). The maximum atomic E-state index is 12.4. The molecule has 1 aliphatic carbocycles. The number of nitrogens with one attached hydrogen (secondary N) is 1. The zero-order valence-corrected chi connectivity index (χ0v) is 10.7. The van der Waals surface area contributed by atoms with Crippen molar-refractivity contribution in [1.29, 1.82) is 0 Å². The predicted octanol–water partition coefficient (Wildman–Crippen LogP) is 2.02. The first-order valence-electron chi connectivity index (χ1n) is 6.95. The van der Waals surface area contributed by atoms with Gasteiger partial charge in [-0.15, -0.1) is 0 Å². The van der Waals surface area contributed by atoms with Gasteiger partial charge in [0, 0.05) is 12.5 Å². The lowest BCUT2D eigenvalue weighted by atomic mass is 9.93. The molecule has 3 nitrogen and oxygen atoms in total. The van der Waals surface area contributed by atoms with Crippen molar-refractivity contribution < 1.29 is 13.6 Å². The molecule has 1 heterocycles. The number of rotatable bonds is 6. The Morgan fingerprint density at radius 3 is 2.44 bits per heavy atom. The Bertz CT molecular complexity index is 276. The third-order valence-electron chi connectivity index (χ3n) is 3.87. The van der Waals surface area contributed by atoms with Gasteiger partial charge >= 0.3 is 0 Å². The van der Waals surface area contributed by atoms with E-state index in [1.807, 2.05) is 0 Å². The highest BCUT2D eigenvalue weighted by Gasteiger charge is 2.34. The van der Waals surface area contributed by atoms with Gasteiger partial charge < -0.3 is 10.2 Å². The van der Waals surface area contributed by atoms with E-state index in [9.17, 15) is 13.6 Å². The molecule has 0 aromatic rings. The van der Waals surface area contributed by atoms with Crippen molar-refractivity contribution in [3.8, 4) is 0 Å². The molecule has 18 heavy (non-hydrogen) atoms. The van der Waals surface area contributed by atoms with Crippen molar-refractivity contribution in [1.82, 2.24) is 10.2 Å². The largest absolute Gasteiger partial charge is 0.334 e. The second-order valence-electron chi connectivity index (χ2n) is 5.40. The van der Waals surface area contributed by atoms with Crippen LogP contribution in [0.25, 0.3) is 0 Å². The minimum absolute atomic E-state index is 0.0728. The van der Waals surface area contributed by atoms with Crippen LogP contribution in [0.15, 0.2) is 0 Å². The molecule has 1 aliphatic heterocycles. The fraction of sp³-hybridized carbons (Fsp3) is 0.923. The molecule has 0 spiro atoms. The fourth-order valence-corrected chi connectivity index (χ4v) is 2.63. The van der Waals surface area contributed by atoms with Crippen molar-refractivity contribution in [2.24, 2.45) is 5.92 Å². The summed E-state index contributed by atoms with van der Waals surface area (Å²) in [5, 5.41) is 3.28. The van der Waals surface area contributed by atoms with Gasteiger partial charge in [-0.05, 0) is 51.1 Å². The maximum absolute atomic E-state index is 12.4. The molecule has 1 saturated carbocycles. The first kappa shape index (κ1) is 13.7. The average molecular weight is 260 g/mol. The molecule has 0 aromatic carbocycles. The van der Waals surface area contributed by atoms with E-state index in [4.69, 9.17) is 0 Å². The summed E-state index contributed by atoms with van der Waals surface area (Å²) >= 11 is 0. The Labute approximate surface area is 107 Å². The topological polar surface area (TPSA) is 32.3 Å². The van der Waals surface area contributed by atoms with Gasteiger partial charge in [-0.2, -0.15) is 0 Å². The van der Waals surface area contributed by atoms with Crippen molar-refractivity contribution in [2.45, 2.75) is 51.0 Å². The Morgan fingerprint density at radius 2 is 1.89 bits per heavy atom. The van der Waals surface area contributed by atoms with E-state index in [0.717, 1.165) is 45.2 Å². The summed E-state index contributed by atoms with van der Waals surface area (Å²) in [5.41, 5.74) is 0. The highest BCUT2D eigenvalue weighted by molar-refractivity contribution is 5.76. The highest BCUT2D eigenvalue weighted by Crippen LogP contribution is 2.29. The summed E-state index contributed by atoms with van der Waals surface area (Å²) in [7, 11) is 0. The summed E-state index contributed by atoms with van der Waals surface area (Å²) in [6.45, 7) is 1.65. The summed E-state index contributed by atoms with van der Waals surface area (Å²) in [5.74, 6) is 0.513. The Hall–Kier alpha value is -0.710. The van der Waals surface area contributed by atoms with Crippen molar-refractivity contribution in [3.63, 3.8) is 0 Å². The number of amides is 1. The smallest absolute Gasteiger partial charge is 0.255 e. The van der Waals surface area contributed by atoms with Crippen LogP contribution in [-0.4, -0.2) is 42.9 Å². The molecule has 2 fully saturated rings. The number of halogens is 2. The average Bonchev–Trinajstić information content (AvgIpc) is 3.18. The van der Waals surface area contributed by atoms with Crippen LogP contribution in [0.2, 0.25) is 0 Å². The lowest BCUT2D eigenvalue weighted by Crippen LogP contribution is -2.37. The molecule has 104 valence electrons. The van der Waals surface area contributed by atoms with E-state index in [1.165, 1.54) is 4.90 Å². The van der Waals surface area contributed by atoms with Crippen LogP contribution in [0, 0.1) is 5.92 Å². The van der Waals surface area contributed by atoms with Gasteiger partial charge in [0.2, 0.25) is 5.91 Å². The van der Waals surface area contributed by atoms with E-state index in [-0.39, 0.29) is 18.5 Å². The summed E-state index contributed by atoms with van der Waals surface area (Å²) in [6, 6.07) is 0.0968. The van der Waals surface area contributed by atoms with Gasteiger partial charge in [-0.3, -0.25) is 4.79 Å². The third kappa shape index (κ3) is 4.19. The molecule has 5 heteroatoms. The maximum Gasteiger partial charge on any atom is 0.255 e. The molecule has 0 aromatic heterocycles. The van der Waals surface area contributed by atoms with Crippen LogP contribution in [0.4, 0.5) is 8.78 Å². The second kappa shape index (κ2) is 6.45. The predicted molar refractivity (Wildman–Crippen MR) is 65.6 cm³/mol. The van der Waals surface area contributed by atoms with Crippen molar-refractivity contribution in [2.75, 3.05) is 19.6 Å². The van der Waals surface area contributed by atoms with Crippen molar-refractivity contribution in [3.05, 3.63) is 0 Å². The Morgan fingerprint density at radius 1 is 1.22 bits per heavy atom. The fourth-order valence-electron chi connectivity index (χ4n) is 2.63. The highest BCUT2D eigenvalue weighted by atomic mass is 19.3. The standard InChI is InChI=1S/C13H22F2N2O/c14-12(15)9-17(11-2-3-11)13(18)4-1-10-5-7-16-8-6-10/h10-12,16H,1-9H2. The monoisotopic (exact) mass is 260 g/mol. The molecule has 0 unspecified atom stereocenters. The van der Waals surface area contributed by atoms with Gasteiger partial charge in [-0.1, -0.05) is 0 Å². The number of piperidine rings is 1. The lowest BCUT2D eigenvalue weighted by molar-refractivity contribution is -0.134. The summed E-state index contributed by atoms with van der Waals surface area (Å²) in [4.78, 5) is 13.4. The lowest BCUT2D eigenvalue weighted by Gasteiger charge is -2.25. The number of carbonyl (C=O) groups is 1. The van der Waals surface area contributed by atoms with Crippen LogP contribution < -0.4 is 5.32 Å². The van der Waals surface area contributed by atoms with E-state index >= 15 is 0 Å². The first-order valence-corrected chi connectivity index (χ1v) is 6.95. The van der Waals surface area contributed by atoms with Crippen LogP contribution in [0.5, 0.6) is 0 Å². The van der Waals surface area contributed by atoms with Crippen LogP contribution in [0.1, 0.15) is 38.5 Å². The number of hydrogen-bond acceptors (Lipinski definition) is 2. The molecule has 0 atom stereocenters. The van der Waals surface area contributed by atoms with E-state index in [1.54, 1.807) is 0 Å². The second-order valence-corrected chi connectivity index (χ2v) is 5.40. The number of hydrogen-bond donors (Lipinski definition) is 1.